The molecule has 0 aliphatic heterocycles. The normalized spacial score (nSPS) is 13.9. The van der Waals surface area contributed by atoms with Crippen molar-refractivity contribution in [1.82, 2.24) is 0 Å². The predicted octanol–water partition coefficient (Wildman–Crippen LogP) is 2.74. The molecule has 0 radical (unpaired) electrons. The van der Waals surface area contributed by atoms with Crippen LogP contribution in [-0.4, -0.2) is 74.9 Å². The van der Waals surface area contributed by atoms with Gasteiger partial charge in [-0.1, -0.05) is 0 Å². The molecule has 0 spiro atoms. The third-order valence-electron chi connectivity index (χ3n) is 3.57. The van der Waals surface area contributed by atoms with Crippen LogP contribution in [0.15, 0.2) is 0 Å². The van der Waals surface area contributed by atoms with Gasteiger partial charge in [-0.3, -0.25) is 0 Å². The van der Waals surface area contributed by atoms with Crippen LogP contribution in [0.1, 0.15) is 54.4 Å². The standard InChI is InChI=1S/C17H40O8Si2/c1-7-20-26(21-8-2,22-9-3)15-13-14-17(18)19-16-27(23-10-4,24-11-5)25-12-6/h17-18H,7-16H2,1-6H3. The van der Waals surface area contributed by atoms with Gasteiger partial charge in [-0.2, -0.15) is 0 Å². The highest BCUT2D eigenvalue weighted by Crippen LogP contribution is 2.21. The third kappa shape index (κ3) is 11.0. The summed E-state index contributed by atoms with van der Waals surface area (Å²) < 4.78 is 40.2. The van der Waals surface area contributed by atoms with Gasteiger partial charge in [0.05, 0.1) is 0 Å². The van der Waals surface area contributed by atoms with Gasteiger partial charge in [0.2, 0.25) is 0 Å². The maximum Gasteiger partial charge on any atom is 0.528 e. The monoisotopic (exact) mass is 428 g/mol. The molecule has 10 heteroatoms. The van der Waals surface area contributed by atoms with Gasteiger partial charge in [-0.25, -0.2) is 0 Å². The highest BCUT2D eigenvalue weighted by atomic mass is 28.4. The van der Waals surface area contributed by atoms with Crippen molar-refractivity contribution in [3.05, 3.63) is 0 Å². The van der Waals surface area contributed by atoms with Gasteiger partial charge in [0.25, 0.3) is 0 Å². The zero-order chi connectivity index (χ0) is 20.6. The fourth-order valence-electron chi connectivity index (χ4n) is 2.69. The topological polar surface area (TPSA) is 84.8 Å². The van der Waals surface area contributed by atoms with E-state index in [0.717, 1.165) is 0 Å². The fourth-order valence-corrected chi connectivity index (χ4v) is 7.54. The number of rotatable bonds is 19. The van der Waals surface area contributed by atoms with Gasteiger partial charge >= 0.3 is 17.6 Å². The van der Waals surface area contributed by atoms with Crippen LogP contribution in [0, 0.1) is 0 Å². The summed E-state index contributed by atoms with van der Waals surface area (Å²) in [6.07, 6.45) is 0.292. The molecule has 0 rings (SSSR count). The SMILES string of the molecule is CCO[Si](CCCC(O)OC[Si](OCC)(OCC)OCC)(OCC)OCC. The first kappa shape index (κ1) is 27.1. The van der Waals surface area contributed by atoms with E-state index in [2.05, 4.69) is 0 Å². The summed E-state index contributed by atoms with van der Waals surface area (Å²) in [5.41, 5.74) is 0. The number of aliphatic hydroxyl groups excluding tert-OH is 1. The van der Waals surface area contributed by atoms with Crippen molar-refractivity contribution in [3.8, 4) is 0 Å². The summed E-state index contributed by atoms with van der Waals surface area (Å²) in [4.78, 5) is 0. The lowest BCUT2D eigenvalue weighted by molar-refractivity contribution is -0.106. The molecule has 0 heterocycles. The number of ether oxygens (including phenoxy) is 1. The summed E-state index contributed by atoms with van der Waals surface area (Å²) >= 11 is 0. The maximum atomic E-state index is 10.2. The Labute approximate surface area is 167 Å². The molecular weight excluding hydrogens is 388 g/mol. The lowest BCUT2D eigenvalue weighted by Gasteiger charge is -2.30. The first-order valence-corrected chi connectivity index (χ1v) is 14.0. The van der Waals surface area contributed by atoms with Crippen LogP contribution in [0.25, 0.3) is 0 Å². The molecule has 1 unspecified atom stereocenters. The summed E-state index contributed by atoms with van der Waals surface area (Å²) in [6, 6.07) is 0.633. The Balaban J connectivity index is 4.59. The Bertz CT molecular complexity index is 315. The average Bonchev–Trinajstić information content (AvgIpc) is 2.61. The molecule has 0 amide bonds. The highest BCUT2D eigenvalue weighted by molar-refractivity contribution is 6.61. The maximum absolute atomic E-state index is 10.2. The van der Waals surface area contributed by atoms with E-state index in [0.29, 0.717) is 58.5 Å². The minimum atomic E-state index is -2.92. The predicted molar refractivity (Wildman–Crippen MR) is 107 cm³/mol. The van der Waals surface area contributed by atoms with E-state index in [1.165, 1.54) is 0 Å². The van der Waals surface area contributed by atoms with Crippen LogP contribution in [0.4, 0.5) is 0 Å². The van der Waals surface area contributed by atoms with Gasteiger partial charge in [-0.05, 0) is 54.4 Å². The van der Waals surface area contributed by atoms with Crippen molar-refractivity contribution in [2.24, 2.45) is 0 Å². The molecule has 0 aromatic carbocycles. The Hall–Kier alpha value is 0.114. The molecule has 0 bridgehead atoms. The number of aliphatic hydroxyl groups is 1. The molecule has 0 aromatic heterocycles. The Morgan fingerprint density at radius 1 is 0.630 bits per heavy atom. The van der Waals surface area contributed by atoms with Gasteiger partial charge < -0.3 is 36.4 Å². The van der Waals surface area contributed by atoms with E-state index < -0.39 is 23.9 Å². The van der Waals surface area contributed by atoms with Crippen molar-refractivity contribution >= 4 is 17.6 Å². The molecule has 27 heavy (non-hydrogen) atoms. The molecule has 0 aromatic rings. The van der Waals surface area contributed by atoms with Crippen LogP contribution >= 0.6 is 0 Å². The van der Waals surface area contributed by atoms with E-state index in [1.807, 2.05) is 41.5 Å². The Morgan fingerprint density at radius 2 is 1.00 bits per heavy atom. The van der Waals surface area contributed by atoms with Gasteiger partial charge in [0.15, 0.2) is 6.29 Å². The molecule has 0 saturated heterocycles. The molecule has 164 valence electrons. The average molecular weight is 429 g/mol. The van der Waals surface area contributed by atoms with Crippen LogP contribution in [0.3, 0.4) is 0 Å². The Morgan fingerprint density at radius 3 is 1.37 bits per heavy atom. The molecule has 0 aliphatic rings. The molecule has 0 aliphatic carbocycles. The second-order valence-electron chi connectivity index (χ2n) is 5.62. The van der Waals surface area contributed by atoms with Gasteiger partial charge in [-0.15, -0.1) is 0 Å². The van der Waals surface area contributed by atoms with Crippen molar-refractivity contribution in [2.45, 2.75) is 66.7 Å². The second kappa shape index (κ2) is 16.0. The zero-order valence-corrected chi connectivity index (χ0v) is 20.0. The lowest BCUT2D eigenvalue weighted by Crippen LogP contribution is -2.51. The molecule has 0 saturated carbocycles. The van der Waals surface area contributed by atoms with Crippen molar-refractivity contribution in [3.63, 3.8) is 0 Å². The number of hydrogen-bond acceptors (Lipinski definition) is 8. The molecule has 1 atom stereocenters. The largest absolute Gasteiger partial charge is 0.528 e. The summed E-state index contributed by atoms with van der Waals surface area (Å²) in [5.74, 6) is 0. The van der Waals surface area contributed by atoms with Crippen molar-refractivity contribution in [2.75, 3.05) is 45.9 Å². The van der Waals surface area contributed by atoms with Crippen molar-refractivity contribution < 1.29 is 36.4 Å². The first-order valence-electron chi connectivity index (χ1n) is 10.1. The van der Waals surface area contributed by atoms with Crippen molar-refractivity contribution in [1.29, 1.82) is 0 Å². The van der Waals surface area contributed by atoms with E-state index in [4.69, 9.17) is 31.3 Å². The number of hydrogen-bond donors (Lipinski definition) is 1. The van der Waals surface area contributed by atoms with E-state index in [9.17, 15) is 5.11 Å². The minimum Gasteiger partial charge on any atom is -0.374 e. The van der Waals surface area contributed by atoms with E-state index in [1.54, 1.807) is 0 Å². The highest BCUT2D eigenvalue weighted by Gasteiger charge is 2.42. The van der Waals surface area contributed by atoms with E-state index in [-0.39, 0.29) is 6.23 Å². The zero-order valence-electron chi connectivity index (χ0n) is 18.0. The first-order chi connectivity index (χ1) is 13.0. The summed E-state index contributed by atoms with van der Waals surface area (Å²) in [7, 11) is -5.61. The second-order valence-corrected chi connectivity index (χ2v) is 10.9. The molecule has 1 N–H and O–H groups in total. The van der Waals surface area contributed by atoms with Crippen LogP contribution in [0.2, 0.25) is 6.04 Å². The molecule has 0 fully saturated rings. The van der Waals surface area contributed by atoms with Gasteiger partial charge in [0.1, 0.15) is 6.23 Å². The van der Waals surface area contributed by atoms with Crippen LogP contribution in [0.5, 0.6) is 0 Å². The molecular formula is C17H40O8Si2. The summed E-state index contributed by atoms with van der Waals surface area (Å²) in [6.45, 7) is 14.5. The smallest absolute Gasteiger partial charge is 0.374 e. The molecule has 8 nitrogen and oxygen atoms in total. The fraction of sp³-hybridized carbons (Fsp3) is 1.00. The summed E-state index contributed by atoms with van der Waals surface area (Å²) in [5, 5.41) is 10.2. The minimum absolute atomic E-state index is 0.120. The van der Waals surface area contributed by atoms with E-state index >= 15 is 0 Å². The Kier molecular flexibility index (Phi) is 16.0. The van der Waals surface area contributed by atoms with Crippen LogP contribution in [-0.2, 0) is 31.3 Å². The lowest BCUT2D eigenvalue weighted by atomic mass is 10.3. The third-order valence-corrected chi connectivity index (χ3v) is 9.43. The quantitative estimate of drug-likeness (QED) is 0.248. The van der Waals surface area contributed by atoms with Crippen LogP contribution < -0.4 is 0 Å². The van der Waals surface area contributed by atoms with Gasteiger partial charge in [0, 0.05) is 45.7 Å².